The lowest BCUT2D eigenvalue weighted by Crippen LogP contribution is -2.49. The topological polar surface area (TPSA) is 59.7 Å². The van der Waals surface area contributed by atoms with Gasteiger partial charge in [0.25, 0.3) is 0 Å². The number of nitrogens with zero attached hydrogens (tertiary/aromatic N) is 3. The van der Waals surface area contributed by atoms with Crippen LogP contribution in [0, 0.1) is 11.3 Å². The van der Waals surface area contributed by atoms with E-state index in [1.165, 1.54) is 0 Å². The molecule has 1 aliphatic heterocycles. The fourth-order valence-corrected chi connectivity index (χ4v) is 1.82. The molecule has 1 unspecified atom stereocenters. The average molecular weight is 227 g/mol. The van der Waals surface area contributed by atoms with Gasteiger partial charge in [0.2, 0.25) is 0 Å². The molecule has 0 spiro atoms. The van der Waals surface area contributed by atoms with Crippen LogP contribution in [0.3, 0.4) is 0 Å². The van der Waals surface area contributed by atoms with Gasteiger partial charge in [-0.3, -0.25) is 9.80 Å². The van der Waals surface area contributed by atoms with E-state index in [-0.39, 0.29) is 12.6 Å². The van der Waals surface area contributed by atoms with Crippen LogP contribution >= 0.6 is 0 Å². The normalized spacial score (nSPS) is 20.6. The Bertz CT molecular complexity index is 222. The minimum absolute atomic E-state index is 0.0211. The molecular weight excluding hydrogens is 206 g/mol. The van der Waals surface area contributed by atoms with Gasteiger partial charge in [-0.15, -0.1) is 0 Å². The molecule has 1 N–H and O–H groups in total. The van der Waals surface area contributed by atoms with Crippen LogP contribution in [-0.2, 0) is 4.74 Å². The van der Waals surface area contributed by atoms with Crippen LogP contribution < -0.4 is 0 Å². The molecule has 0 bridgehead atoms. The van der Waals surface area contributed by atoms with Crippen molar-refractivity contribution < 1.29 is 9.84 Å². The van der Waals surface area contributed by atoms with Gasteiger partial charge in [-0.2, -0.15) is 5.26 Å². The summed E-state index contributed by atoms with van der Waals surface area (Å²) in [5.41, 5.74) is 0. The lowest BCUT2D eigenvalue weighted by Gasteiger charge is -2.35. The van der Waals surface area contributed by atoms with Gasteiger partial charge < -0.3 is 9.84 Å². The summed E-state index contributed by atoms with van der Waals surface area (Å²) in [6.07, 6.45) is 0. The Kier molecular flexibility index (Phi) is 6.34. The Hall–Kier alpha value is -0.670. The van der Waals surface area contributed by atoms with Crippen molar-refractivity contribution in [3.05, 3.63) is 0 Å². The van der Waals surface area contributed by atoms with Crippen molar-refractivity contribution in [3.8, 4) is 6.07 Å². The maximum absolute atomic E-state index is 8.80. The van der Waals surface area contributed by atoms with Gasteiger partial charge in [0.15, 0.2) is 0 Å². The van der Waals surface area contributed by atoms with Crippen molar-refractivity contribution >= 4 is 0 Å². The number of aliphatic hydroxyl groups is 1. The number of ether oxygens (including phenoxy) is 1. The minimum atomic E-state index is 0.0211. The molecule has 0 aliphatic carbocycles. The number of nitriles is 1. The third-order valence-corrected chi connectivity index (χ3v) is 2.93. The Balaban J connectivity index is 2.10. The fourth-order valence-electron chi connectivity index (χ4n) is 1.82. The van der Waals surface area contributed by atoms with Gasteiger partial charge in [-0.05, 0) is 6.92 Å². The quantitative estimate of drug-likeness (QED) is 0.621. The molecule has 5 nitrogen and oxygen atoms in total. The van der Waals surface area contributed by atoms with Crippen molar-refractivity contribution in [1.82, 2.24) is 9.80 Å². The van der Waals surface area contributed by atoms with Crippen LogP contribution in [0.2, 0.25) is 0 Å². The zero-order valence-electron chi connectivity index (χ0n) is 9.93. The predicted octanol–water partition coefficient (Wildman–Crippen LogP) is -0.475. The third kappa shape index (κ3) is 4.45. The van der Waals surface area contributed by atoms with Crippen molar-refractivity contribution in [1.29, 1.82) is 5.26 Å². The maximum atomic E-state index is 8.80. The summed E-state index contributed by atoms with van der Waals surface area (Å²) in [6, 6.07) is 2.29. The van der Waals surface area contributed by atoms with E-state index in [9.17, 15) is 0 Å². The molecule has 0 aromatic heterocycles. The standard InChI is InChI=1S/C11H21N3O2/c1-11(10-12)14-4-2-13(3-5-14)6-8-16-9-7-15/h11,15H,2-9H2,1H3. The zero-order valence-corrected chi connectivity index (χ0v) is 9.93. The molecule has 5 heteroatoms. The SMILES string of the molecule is CC(C#N)N1CCN(CCOCCO)CC1. The second-order valence-electron chi connectivity index (χ2n) is 4.02. The van der Waals surface area contributed by atoms with Crippen molar-refractivity contribution in [2.75, 3.05) is 52.5 Å². The maximum Gasteiger partial charge on any atom is 0.0950 e. The number of hydrogen-bond donors (Lipinski definition) is 1. The molecule has 1 atom stereocenters. The molecule has 0 aromatic carbocycles. The molecule has 1 rings (SSSR count). The summed E-state index contributed by atoms with van der Waals surface area (Å²) in [5, 5.41) is 17.4. The molecule has 1 fully saturated rings. The van der Waals surface area contributed by atoms with Crippen molar-refractivity contribution in [3.63, 3.8) is 0 Å². The Morgan fingerprint density at radius 2 is 2.00 bits per heavy atom. The number of aliphatic hydroxyl groups excluding tert-OH is 1. The fraction of sp³-hybridized carbons (Fsp3) is 0.909. The summed E-state index contributed by atoms with van der Waals surface area (Å²) in [5.74, 6) is 0. The number of hydrogen-bond acceptors (Lipinski definition) is 5. The van der Waals surface area contributed by atoms with Crippen LogP contribution in [0.5, 0.6) is 0 Å². The Morgan fingerprint density at radius 3 is 2.56 bits per heavy atom. The van der Waals surface area contributed by atoms with Crippen LogP contribution in [0.1, 0.15) is 6.92 Å². The van der Waals surface area contributed by atoms with Gasteiger partial charge in [0, 0.05) is 32.7 Å². The second kappa shape index (κ2) is 7.58. The highest BCUT2D eigenvalue weighted by Crippen LogP contribution is 2.05. The van der Waals surface area contributed by atoms with Crippen molar-refractivity contribution in [2.45, 2.75) is 13.0 Å². The molecule has 0 amide bonds. The summed E-state index contributed by atoms with van der Waals surface area (Å²) in [7, 11) is 0. The second-order valence-corrected chi connectivity index (χ2v) is 4.02. The minimum Gasteiger partial charge on any atom is -0.394 e. The molecule has 1 aliphatic rings. The summed E-state index contributed by atoms with van der Waals surface area (Å²) in [4.78, 5) is 4.53. The highest BCUT2D eigenvalue weighted by molar-refractivity contribution is 4.90. The monoisotopic (exact) mass is 227 g/mol. The molecule has 92 valence electrons. The first-order valence-corrected chi connectivity index (χ1v) is 5.82. The molecule has 0 saturated carbocycles. The van der Waals surface area contributed by atoms with E-state index in [0.29, 0.717) is 13.2 Å². The molecular formula is C11H21N3O2. The first-order chi connectivity index (χ1) is 7.77. The van der Waals surface area contributed by atoms with Crippen molar-refractivity contribution in [2.24, 2.45) is 0 Å². The molecule has 0 aromatic rings. The van der Waals surface area contributed by atoms with E-state index in [4.69, 9.17) is 15.1 Å². The zero-order chi connectivity index (χ0) is 11.8. The summed E-state index contributed by atoms with van der Waals surface area (Å²) < 4.78 is 5.22. The molecule has 1 saturated heterocycles. The van der Waals surface area contributed by atoms with Gasteiger partial charge >= 0.3 is 0 Å². The molecule has 0 radical (unpaired) electrons. The van der Waals surface area contributed by atoms with Crippen LogP contribution in [-0.4, -0.2) is 73.5 Å². The number of piperazine rings is 1. The van der Waals surface area contributed by atoms with Gasteiger partial charge in [0.05, 0.1) is 31.9 Å². The summed E-state index contributed by atoms with van der Waals surface area (Å²) >= 11 is 0. The highest BCUT2D eigenvalue weighted by atomic mass is 16.5. The lowest BCUT2D eigenvalue weighted by molar-refractivity contribution is 0.0547. The van der Waals surface area contributed by atoms with Gasteiger partial charge in [-0.25, -0.2) is 0 Å². The Labute approximate surface area is 97.2 Å². The smallest absolute Gasteiger partial charge is 0.0950 e. The van der Waals surface area contributed by atoms with Crippen LogP contribution in [0.4, 0.5) is 0 Å². The molecule has 1 heterocycles. The van der Waals surface area contributed by atoms with E-state index in [2.05, 4.69) is 15.9 Å². The van der Waals surface area contributed by atoms with Crippen LogP contribution in [0.15, 0.2) is 0 Å². The van der Waals surface area contributed by atoms with Gasteiger partial charge in [0.1, 0.15) is 0 Å². The van der Waals surface area contributed by atoms with E-state index in [1.54, 1.807) is 0 Å². The third-order valence-electron chi connectivity index (χ3n) is 2.93. The lowest BCUT2D eigenvalue weighted by atomic mass is 10.2. The summed E-state index contributed by atoms with van der Waals surface area (Å²) in [6.45, 7) is 7.94. The first-order valence-electron chi connectivity index (χ1n) is 5.82. The van der Waals surface area contributed by atoms with Crippen LogP contribution in [0.25, 0.3) is 0 Å². The highest BCUT2D eigenvalue weighted by Gasteiger charge is 2.20. The van der Waals surface area contributed by atoms with E-state index in [1.807, 2.05) is 6.92 Å². The van der Waals surface area contributed by atoms with Gasteiger partial charge in [-0.1, -0.05) is 0 Å². The first kappa shape index (κ1) is 13.4. The average Bonchev–Trinajstić information content (AvgIpc) is 2.34. The van der Waals surface area contributed by atoms with E-state index in [0.717, 1.165) is 32.7 Å². The predicted molar refractivity (Wildman–Crippen MR) is 61.0 cm³/mol. The number of rotatable bonds is 6. The molecule has 16 heavy (non-hydrogen) atoms. The van der Waals surface area contributed by atoms with E-state index < -0.39 is 0 Å². The van der Waals surface area contributed by atoms with E-state index >= 15 is 0 Å². The Morgan fingerprint density at radius 1 is 1.31 bits per heavy atom. The largest absolute Gasteiger partial charge is 0.394 e.